The van der Waals surface area contributed by atoms with Crippen LogP contribution >= 0.6 is 11.3 Å². The van der Waals surface area contributed by atoms with Gasteiger partial charge in [0.1, 0.15) is 0 Å². The van der Waals surface area contributed by atoms with Gasteiger partial charge in [0.05, 0.1) is 11.1 Å². The molecule has 0 spiro atoms. The van der Waals surface area contributed by atoms with Crippen LogP contribution in [0.2, 0.25) is 0 Å². The predicted octanol–water partition coefficient (Wildman–Crippen LogP) is -0.709. The van der Waals surface area contributed by atoms with E-state index in [2.05, 4.69) is 30.6 Å². The number of carboxylic acids is 1. The van der Waals surface area contributed by atoms with Gasteiger partial charge in [0, 0.05) is 26.2 Å². The minimum absolute atomic E-state index is 0.295. The summed E-state index contributed by atoms with van der Waals surface area (Å²) in [7, 11) is 0. The Morgan fingerprint density at radius 3 is 3.00 bits per heavy atom. The van der Waals surface area contributed by atoms with Crippen LogP contribution in [-0.4, -0.2) is 62.4 Å². The molecule has 2 aromatic heterocycles. The smallest absolute Gasteiger partial charge is 0.327 e. The molecule has 3 heterocycles. The van der Waals surface area contributed by atoms with E-state index >= 15 is 0 Å². The number of thiazole rings is 1. The highest BCUT2D eigenvalue weighted by molar-refractivity contribution is 7.18. The second-order valence-corrected chi connectivity index (χ2v) is 5.29. The van der Waals surface area contributed by atoms with Gasteiger partial charge in [-0.05, 0) is 5.21 Å². The van der Waals surface area contributed by atoms with Crippen LogP contribution in [0.4, 0.5) is 5.13 Å². The highest BCUT2D eigenvalue weighted by atomic mass is 32.1. The summed E-state index contributed by atoms with van der Waals surface area (Å²) in [6, 6.07) is 0. The third kappa shape index (κ3) is 2.75. The Morgan fingerprint density at radius 1 is 1.45 bits per heavy atom. The fourth-order valence-electron chi connectivity index (χ4n) is 1.90. The molecule has 0 atom stereocenters. The number of nitrogens with zero attached hydrogens (tertiary/aromatic N) is 6. The normalized spacial score (nSPS) is 15.5. The van der Waals surface area contributed by atoms with Gasteiger partial charge >= 0.3 is 5.97 Å². The van der Waals surface area contributed by atoms with Crippen molar-refractivity contribution in [1.82, 2.24) is 30.5 Å². The molecule has 10 heteroatoms. The van der Waals surface area contributed by atoms with Crippen molar-refractivity contribution in [1.29, 1.82) is 0 Å². The number of nitrogens with one attached hydrogen (secondary N) is 1. The number of piperazine rings is 1. The van der Waals surface area contributed by atoms with E-state index in [0.717, 1.165) is 41.0 Å². The third-order valence-corrected chi connectivity index (χ3v) is 3.88. The molecule has 1 aliphatic heterocycles. The molecule has 1 fully saturated rings. The number of anilines is 1. The van der Waals surface area contributed by atoms with Crippen molar-refractivity contribution in [2.75, 3.05) is 31.1 Å². The van der Waals surface area contributed by atoms with Crippen molar-refractivity contribution in [3.05, 3.63) is 6.20 Å². The van der Waals surface area contributed by atoms with E-state index < -0.39 is 5.97 Å². The van der Waals surface area contributed by atoms with Gasteiger partial charge in [-0.1, -0.05) is 11.3 Å². The topological polar surface area (TPSA) is 109 Å². The van der Waals surface area contributed by atoms with Crippen molar-refractivity contribution in [3.63, 3.8) is 0 Å². The quantitative estimate of drug-likeness (QED) is 0.761. The Labute approximate surface area is 118 Å². The van der Waals surface area contributed by atoms with Gasteiger partial charge in [0.25, 0.3) is 0 Å². The van der Waals surface area contributed by atoms with Crippen molar-refractivity contribution in [3.8, 4) is 10.7 Å². The fourth-order valence-corrected chi connectivity index (χ4v) is 2.79. The molecule has 1 saturated heterocycles. The van der Waals surface area contributed by atoms with Gasteiger partial charge < -0.3 is 15.3 Å². The second kappa shape index (κ2) is 5.51. The molecule has 3 rings (SSSR count). The summed E-state index contributed by atoms with van der Waals surface area (Å²) in [4.78, 5) is 19.0. The fraction of sp³-hybridized carbons (Fsp3) is 0.500. The molecule has 0 saturated carbocycles. The Morgan fingerprint density at radius 2 is 2.25 bits per heavy atom. The van der Waals surface area contributed by atoms with E-state index in [1.807, 2.05) is 0 Å². The van der Waals surface area contributed by atoms with Gasteiger partial charge in [0.2, 0.25) is 5.82 Å². The monoisotopic (exact) mass is 295 g/mol. The molecular formula is C10H13N7O2S. The molecule has 2 N–H and O–H groups in total. The molecule has 0 amide bonds. The highest BCUT2D eigenvalue weighted by Crippen LogP contribution is 2.28. The molecule has 2 aromatic rings. The summed E-state index contributed by atoms with van der Waals surface area (Å²) in [6.07, 6.45) is 1.70. The van der Waals surface area contributed by atoms with Crippen LogP contribution in [0.1, 0.15) is 0 Å². The summed E-state index contributed by atoms with van der Waals surface area (Å²) in [6.45, 7) is 3.44. The number of aliphatic carboxylic acids is 1. The van der Waals surface area contributed by atoms with Crippen LogP contribution in [-0.2, 0) is 11.3 Å². The number of carboxylic acid groups (broad SMARTS) is 1. The highest BCUT2D eigenvalue weighted by Gasteiger charge is 2.17. The zero-order valence-electron chi connectivity index (χ0n) is 10.6. The Hall–Kier alpha value is -2.07. The first-order chi connectivity index (χ1) is 9.72. The first-order valence-electron chi connectivity index (χ1n) is 6.14. The standard InChI is InChI=1S/C10H13N7O2S/c18-8(19)6-17-14-9(13-15-17)7-5-12-10(20-7)16-3-1-11-2-4-16/h5,11H,1-4,6H2,(H,18,19). The van der Waals surface area contributed by atoms with E-state index in [4.69, 9.17) is 5.11 Å². The number of tetrazole rings is 1. The molecule has 0 unspecified atom stereocenters. The van der Waals surface area contributed by atoms with Crippen molar-refractivity contribution in [2.45, 2.75) is 6.54 Å². The largest absolute Gasteiger partial charge is 0.480 e. The predicted molar refractivity (Wildman–Crippen MR) is 71.6 cm³/mol. The number of aromatic nitrogens is 5. The maximum atomic E-state index is 10.6. The van der Waals surface area contributed by atoms with Gasteiger partial charge in [-0.2, -0.15) is 4.80 Å². The first-order valence-corrected chi connectivity index (χ1v) is 6.95. The zero-order chi connectivity index (χ0) is 13.9. The summed E-state index contributed by atoms with van der Waals surface area (Å²) in [5.74, 6) is -0.593. The maximum Gasteiger partial charge on any atom is 0.327 e. The lowest BCUT2D eigenvalue weighted by Gasteiger charge is -2.26. The van der Waals surface area contributed by atoms with Crippen LogP contribution in [0.5, 0.6) is 0 Å². The van der Waals surface area contributed by atoms with Gasteiger partial charge in [-0.3, -0.25) is 4.79 Å². The molecule has 0 aliphatic carbocycles. The molecule has 0 aromatic carbocycles. The average Bonchev–Trinajstić information content (AvgIpc) is 3.07. The minimum atomic E-state index is -1.00. The van der Waals surface area contributed by atoms with E-state index in [0.29, 0.717) is 5.82 Å². The van der Waals surface area contributed by atoms with Crippen LogP contribution < -0.4 is 10.2 Å². The number of rotatable bonds is 4. The van der Waals surface area contributed by atoms with Crippen molar-refractivity contribution < 1.29 is 9.90 Å². The number of hydrogen-bond acceptors (Lipinski definition) is 8. The Balaban J connectivity index is 1.75. The lowest BCUT2D eigenvalue weighted by molar-refractivity contribution is -0.138. The van der Waals surface area contributed by atoms with E-state index in [1.54, 1.807) is 6.20 Å². The average molecular weight is 295 g/mol. The van der Waals surface area contributed by atoms with Crippen LogP contribution in [0.3, 0.4) is 0 Å². The van der Waals surface area contributed by atoms with E-state index in [-0.39, 0.29) is 6.54 Å². The van der Waals surface area contributed by atoms with Crippen molar-refractivity contribution in [2.24, 2.45) is 0 Å². The summed E-state index contributed by atoms with van der Waals surface area (Å²) < 4.78 is 0. The summed E-state index contributed by atoms with van der Waals surface area (Å²) in [5, 5.41) is 24.5. The first kappa shape index (κ1) is 12.9. The number of carbonyl (C=O) groups is 1. The molecule has 1 aliphatic rings. The number of hydrogen-bond donors (Lipinski definition) is 2. The molecular weight excluding hydrogens is 282 g/mol. The Kier molecular flexibility index (Phi) is 3.56. The van der Waals surface area contributed by atoms with Crippen LogP contribution in [0.15, 0.2) is 6.20 Å². The molecule has 9 nitrogen and oxygen atoms in total. The minimum Gasteiger partial charge on any atom is -0.480 e. The molecule has 0 radical (unpaired) electrons. The molecule has 106 valence electrons. The van der Waals surface area contributed by atoms with Gasteiger partial charge in [0.15, 0.2) is 11.7 Å². The van der Waals surface area contributed by atoms with Crippen LogP contribution in [0.25, 0.3) is 10.7 Å². The second-order valence-electron chi connectivity index (χ2n) is 4.28. The lowest BCUT2D eigenvalue weighted by Crippen LogP contribution is -2.43. The van der Waals surface area contributed by atoms with E-state index in [1.165, 1.54) is 11.3 Å². The summed E-state index contributed by atoms with van der Waals surface area (Å²) >= 11 is 1.49. The third-order valence-electron chi connectivity index (χ3n) is 2.83. The van der Waals surface area contributed by atoms with Crippen LogP contribution in [0, 0.1) is 0 Å². The SMILES string of the molecule is O=C(O)Cn1nnc(-c2cnc(N3CCNCC3)s2)n1. The van der Waals surface area contributed by atoms with Gasteiger partial charge in [-0.15, -0.1) is 10.2 Å². The van der Waals surface area contributed by atoms with Crippen molar-refractivity contribution >= 4 is 22.4 Å². The van der Waals surface area contributed by atoms with Gasteiger partial charge in [-0.25, -0.2) is 4.98 Å². The molecule has 0 bridgehead atoms. The molecule has 20 heavy (non-hydrogen) atoms. The van der Waals surface area contributed by atoms with E-state index in [9.17, 15) is 4.79 Å². The zero-order valence-corrected chi connectivity index (χ0v) is 11.4. The Bertz CT molecular complexity index is 604. The maximum absolute atomic E-state index is 10.6. The lowest BCUT2D eigenvalue weighted by atomic mass is 10.4. The summed E-state index contributed by atoms with van der Waals surface area (Å²) in [5.41, 5.74) is 0.